The number of urea groups is 2. The Morgan fingerprint density at radius 1 is 0.600 bits per heavy atom. The monoisotopic (exact) mass is 842 g/mol. The van der Waals surface area contributed by atoms with E-state index in [0.29, 0.717) is 18.8 Å². The summed E-state index contributed by atoms with van der Waals surface area (Å²) >= 11 is 0. The average molecular weight is 843 g/mol. The highest BCUT2D eigenvalue weighted by Gasteiger charge is 2.56. The molecule has 2 bridgehead atoms. The number of fused-ring (bicyclic) bond motifs is 5. The van der Waals surface area contributed by atoms with Crippen molar-refractivity contribution in [2.75, 3.05) is 65.8 Å². The molecule has 2 fully saturated rings. The van der Waals surface area contributed by atoms with E-state index in [2.05, 4.69) is 36.9 Å². The molecule has 0 aromatic heterocycles. The first-order chi connectivity index (χ1) is 28.4. The van der Waals surface area contributed by atoms with Crippen LogP contribution in [0.2, 0.25) is 0 Å². The van der Waals surface area contributed by atoms with Crippen LogP contribution in [-0.4, -0.2) is 124 Å². The third-order valence-corrected chi connectivity index (χ3v) is 10.4. The predicted octanol–water partition coefficient (Wildman–Crippen LogP) is 5.05. The van der Waals surface area contributed by atoms with E-state index in [1.807, 2.05) is 0 Å². The number of hydrogen-bond acceptors (Lipinski definition) is 14. The van der Waals surface area contributed by atoms with Gasteiger partial charge in [0.05, 0.1) is 39.4 Å². The lowest BCUT2D eigenvalue weighted by Crippen LogP contribution is -2.47. The first kappa shape index (κ1) is 48.4. The largest absolute Gasteiger partial charge is 0.460 e. The van der Waals surface area contributed by atoms with Crippen molar-refractivity contribution in [1.29, 1.82) is 0 Å². The number of rotatable bonds is 22. The van der Waals surface area contributed by atoms with E-state index in [4.69, 9.17) is 28.4 Å². The molecule has 3 aliphatic rings. The zero-order valence-corrected chi connectivity index (χ0v) is 35.1. The lowest BCUT2D eigenvalue weighted by Gasteiger charge is -2.34. The van der Waals surface area contributed by atoms with Crippen LogP contribution in [-0.2, 0) is 47.6 Å². The van der Waals surface area contributed by atoms with E-state index in [9.17, 15) is 38.4 Å². The minimum Gasteiger partial charge on any atom is -0.460 e. The van der Waals surface area contributed by atoms with Gasteiger partial charge in [0.25, 0.3) is 0 Å². The normalized spacial score (nSPS) is 18.3. The Morgan fingerprint density at radius 3 is 1.48 bits per heavy atom. The van der Waals surface area contributed by atoms with Crippen LogP contribution in [0.1, 0.15) is 72.6 Å². The van der Waals surface area contributed by atoms with E-state index in [0.717, 1.165) is 41.9 Å². The van der Waals surface area contributed by atoms with Crippen LogP contribution in [0.25, 0.3) is 0 Å². The number of carbonyl (C=O) groups is 8. The Kier molecular flexibility index (Phi) is 18.6. The van der Waals surface area contributed by atoms with Gasteiger partial charge in [0.2, 0.25) is 0 Å². The Morgan fingerprint density at radius 2 is 1.03 bits per heavy atom. The summed E-state index contributed by atoms with van der Waals surface area (Å²) in [6.45, 7) is 18.3. The van der Waals surface area contributed by atoms with Gasteiger partial charge in [-0.15, -0.1) is 0 Å². The van der Waals surface area contributed by atoms with Crippen LogP contribution >= 0.6 is 0 Å². The summed E-state index contributed by atoms with van der Waals surface area (Å²) in [4.78, 5) is 101. The third-order valence-electron chi connectivity index (χ3n) is 10.4. The molecule has 60 heavy (non-hydrogen) atoms. The highest BCUT2D eigenvalue weighted by molar-refractivity contribution is 5.92. The molecule has 0 aliphatic heterocycles. The van der Waals surface area contributed by atoms with Crippen molar-refractivity contribution >= 4 is 48.1 Å². The van der Waals surface area contributed by atoms with Gasteiger partial charge in [0, 0.05) is 28.7 Å². The van der Waals surface area contributed by atoms with Crippen molar-refractivity contribution in [1.82, 2.24) is 20.4 Å². The molecule has 18 nitrogen and oxygen atoms in total. The van der Waals surface area contributed by atoms with Crippen LogP contribution in [0.15, 0.2) is 59.8 Å². The fourth-order valence-electron chi connectivity index (χ4n) is 7.54. The Balaban J connectivity index is 1.57. The second kappa shape index (κ2) is 23.0. The molecule has 0 spiro atoms. The van der Waals surface area contributed by atoms with Crippen LogP contribution in [0, 0.1) is 17.3 Å². The maximum atomic E-state index is 13.2. The van der Waals surface area contributed by atoms with Crippen molar-refractivity contribution in [3.63, 3.8) is 0 Å². The molecule has 0 aromatic carbocycles. The first-order valence-corrected chi connectivity index (χ1v) is 19.8. The zero-order valence-electron chi connectivity index (χ0n) is 35.1. The molecular formula is C42H58N4O14. The molecule has 6 amide bonds. The number of ether oxygens (including phenoxy) is 6. The van der Waals surface area contributed by atoms with Crippen LogP contribution in [0.3, 0.4) is 0 Å². The van der Waals surface area contributed by atoms with Crippen LogP contribution < -0.4 is 10.6 Å². The minimum absolute atomic E-state index is 0.00316. The van der Waals surface area contributed by atoms with Gasteiger partial charge < -0.3 is 39.1 Å². The number of hydrogen-bond donors (Lipinski definition) is 2. The molecule has 0 saturated heterocycles. The second-order valence-electron chi connectivity index (χ2n) is 15.1. The molecule has 3 unspecified atom stereocenters. The molecule has 0 heterocycles. The number of allylic oxidation sites excluding steroid dienone is 1. The van der Waals surface area contributed by atoms with Crippen LogP contribution in [0.4, 0.5) is 19.2 Å². The van der Waals surface area contributed by atoms with Crippen molar-refractivity contribution in [2.45, 2.75) is 72.6 Å². The van der Waals surface area contributed by atoms with E-state index in [-0.39, 0.29) is 99.4 Å². The fourth-order valence-corrected chi connectivity index (χ4v) is 7.54. The number of carbonyl (C=O) groups excluding carboxylic acids is 8. The number of imide groups is 2. The topological polar surface area (TPSA) is 222 Å². The summed E-state index contributed by atoms with van der Waals surface area (Å²) in [7, 11) is 0. The summed E-state index contributed by atoms with van der Waals surface area (Å²) < 4.78 is 31.3. The predicted molar refractivity (Wildman–Crippen MR) is 215 cm³/mol. The van der Waals surface area contributed by atoms with Crippen molar-refractivity contribution in [2.24, 2.45) is 17.3 Å². The summed E-state index contributed by atoms with van der Waals surface area (Å²) in [6, 6.07) is -1.64. The van der Waals surface area contributed by atoms with E-state index < -0.39 is 48.1 Å². The lowest BCUT2D eigenvalue weighted by molar-refractivity contribution is -0.140. The summed E-state index contributed by atoms with van der Waals surface area (Å²) in [5.41, 5.74) is 3.14. The Hall–Kier alpha value is -5.94. The molecule has 2 N–H and O–H groups in total. The molecule has 2 saturated carbocycles. The van der Waals surface area contributed by atoms with Crippen LogP contribution in [0.5, 0.6) is 0 Å². The second-order valence-corrected chi connectivity index (χ2v) is 15.1. The van der Waals surface area contributed by atoms with E-state index in [1.54, 1.807) is 0 Å². The number of esters is 4. The SMILES string of the molecule is C=C(C)C(=O)OCCNC(=O)N(CCOC(=O)C(=C)C)C(=O)OCCC1=C2C3CCC(CCOC(=O)N(CCOC(=O)C(=C)C)C(=O)NCCOC(=O)C(=C)C)(C3)C2CC1. The van der Waals surface area contributed by atoms with Crippen molar-refractivity contribution in [3.05, 3.63) is 59.8 Å². The summed E-state index contributed by atoms with van der Waals surface area (Å²) in [6.07, 6.45) is 3.68. The molecule has 0 radical (unpaired) electrons. The Bertz CT molecular complexity index is 1770. The maximum absolute atomic E-state index is 13.2. The van der Waals surface area contributed by atoms with Gasteiger partial charge in [0.15, 0.2) is 0 Å². The molecule has 0 aromatic rings. The Labute approximate surface area is 350 Å². The van der Waals surface area contributed by atoms with Gasteiger partial charge in [0.1, 0.15) is 26.4 Å². The van der Waals surface area contributed by atoms with Crippen molar-refractivity contribution in [3.8, 4) is 0 Å². The van der Waals surface area contributed by atoms with Crippen molar-refractivity contribution < 1.29 is 66.8 Å². The molecular weight excluding hydrogens is 784 g/mol. The number of amides is 6. The summed E-state index contributed by atoms with van der Waals surface area (Å²) in [5.74, 6) is -2.00. The molecule has 3 aliphatic carbocycles. The quantitative estimate of drug-likeness (QED) is 0.0479. The summed E-state index contributed by atoms with van der Waals surface area (Å²) in [5, 5.41) is 4.99. The zero-order chi connectivity index (χ0) is 44.6. The van der Waals surface area contributed by atoms with E-state index >= 15 is 0 Å². The molecule has 330 valence electrons. The number of nitrogens with zero attached hydrogens (tertiary/aromatic N) is 2. The molecule has 3 rings (SSSR count). The smallest absolute Gasteiger partial charge is 0.418 e. The first-order valence-electron chi connectivity index (χ1n) is 19.8. The highest BCUT2D eigenvalue weighted by Crippen LogP contribution is 2.66. The highest BCUT2D eigenvalue weighted by atomic mass is 16.6. The lowest BCUT2D eigenvalue weighted by atomic mass is 9.71. The fraction of sp³-hybridized carbons (Fsp3) is 0.571. The minimum atomic E-state index is -0.938. The third kappa shape index (κ3) is 13.8. The van der Waals surface area contributed by atoms with Gasteiger partial charge >= 0.3 is 48.1 Å². The molecule has 18 heteroatoms. The van der Waals surface area contributed by atoms with E-state index in [1.165, 1.54) is 38.8 Å². The van der Waals surface area contributed by atoms with Gasteiger partial charge in [-0.1, -0.05) is 37.5 Å². The standard InChI is InChI=1S/C42H58N4O14/c1-26(2)34(47)55-21-15-43-38(51)45(17-23-57-36(49)28(5)6)40(53)59-19-12-30-9-10-32-33(30)31-11-13-42(32,25-31)14-20-60-41(54)46(18-24-58-37(50)29(7)8)39(52)44-16-22-56-35(48)27(3)4/h31-32H,1,3,5,7,9-25H2,2,4,6,8H3,(H,43,51)(H,44,52). The average Bonchev–Trinajstić information content (AvgIpc) is 3.90. The number of nitrogens with one attached hydrogen (secondary N) is 2. The van der Waals surface area contributed by atoms with Gasteiger partial charge in [-0.2, -0.15) is 0 Å². The maximum Gasteiger partial charge on any atom is 0.418 e. The van der Waals surface area contributed by atoms with Gasteiger partial charge in [-0.25, -0.2) is 48.2 Å². The van der Waals surface area contributed by atoms with Gasteiger partial charge in [-0.3, -0.25) is 0 Å². The van der Waals surface area contributed by atoms with Gasteiger partial charge in [-0.05, 0) is 83.5 Å². The molecule has 3 atom stereocenters.